The lowest BCUT2D eigenvalue weighted by molar-refractivity contribution is -0.137. The second-order valence-corrected chi connectivity index (χ2v) is 5.42. The molecule has 0 aromatic heterocycles. The molecule has 4 nitrogen and oxygen atoms in total. The van der Waals surface area contributed by atoms with Crippen molar-refractivity contribution in [2.45, 2.75) is 13.3 Å². The predicted molar refractivity (Wildman–Crippen MR) is 75.7 cm³/mol. The fourth-order valence-corrected chi connectivity index (χ4v) is 2.24. The number of carbonyl (C=O) groups is 2. The number of carboxylic acid groups (broad SMARTS) is 1. The highest BCUT2D eigenvalue weighted by molar-refractivity contribution is 9.11. The summed E-state index contributed by atoms with van der Waals surface area (Å²) < 4.78 is 1.51. The minimum Gasteiger partial charge on any atom is -0.481 e. The van der Waals surface area contributed by atoms with E-state index in [0.29, 0.717) is 16.6 Å². The van der Waals surface area contributed by atoms with Gasteiger partial charge < -0.3 is 10.0 Å². The van der Waals surface area contributed by atoms with Crippen molar-refractivity contribution in [1.29, 1.82) is 0 Å². The molecule has 6 heteroatoms. The Bertz CT molecular complexity index is 463. The fraction of sp³-hybridized carbons (Fsp3) is 0.333. The summed E-state index contributed by atoms with van der Waals surface area (Å²) >= 11 is 6.64. The molecule has 0 saturated carbocycles. The Morgan fingerprint density at radius 1 is 1.33 bits per heavy atom. The number of benzene rings is 1. The second kappa shape index (κ2) is 6.89. The third kappa shape index (κ3) is 4.10. The first-order valence-electron chi connectivity index (χ1n) is 5.41. The summed E-state index contributed by atoms with van der Waals surface area (Å²) in [4.78, 5) is 24.3. The first kappa shape index (κ1) is 15.2. The van der Waals surface area contributed by atoms with Crippen molar-refractivity contribution >= 4 is 43.7 Å². The number of hydrogen-bond donors (Lipinski definition) is 1. The van der Waals surface area contributed by atoms with Crippen LogP contribution in [0.3, 0.4) is 0 Å². The predicted octanol–water partition coefficient (Wildman–Crippen LogP) is 3.15. The zero-order valence-electron chi connectivity index (χ0n) is 9.82. The molecule has 0 saturated heterocycles. The fourth-order valence-electron chi connectivity index (χ4n) is 1.47. The van der Waals surface area contributed by atoms with Crippen molar-refractivity contribution in [3.05, 3.63) is 32.7 Å². The number of aliphatic carboxylic acids is 1. The molecule has 1 aromatic rings. The summed E-state index contributed by atoms with van der Waals surface area (Å²) in [5.41, 5.74) is 0.525. The first-order chi connectivity index (χ1) is 8.45. The number of hydrogen-bond acceptors (Lipinski definition) is 2. The van der Waals surface area contributed by atoms with E-state index in [4.69, 9.17) is 5.11 Å². The third-order valence-corrected chi connectivity index (χ3v) is 3.61. The van der Waals surface area contributed by atoms with E-state index in [9.17, 15) is 9.59 Å². The van der Waals surface area contributed by atoms with Crippen LogP contribution in [0.15, 0.2) is 27.1 Å². The van der Waals surface area contributed by atoms with Crippen molar-refractivity contribution in [3.63, 3.8) is 0 Å². The van der Waals surface area contributed by atoms with Crippen LogP contribution in [0.5, 0.6) is 0 Å². The maximum Gasteiger partial charge on any atom is 0.305 e. The molecule has 1 N–H and O–H groups in total. The van der Waals surface area contributed by atoms with Crippen LogP contribution < -0.4 is 0 Å². The van der Waals surface area contributed by atoms with Gasteiger partial charge >= 0.3 is 5.97 Å². The largest absolute Gasteiger partial charge is 0.481 e. The summed E-state index contributed by atoms with van der Waals surface area (Å²) in [6.45, 7) is 2.51. The Kier molecular flexibility index (Phi) is 5.81. The zero-order valence-corrected chi connectivity index (χ0v) is 13.0. The molecule has 1 amide bonds. The number of nitrogens with zero attached hydrogens (tertiary/aromatic N) is 1. The molecule has 0 aliphatic heterocycles. The van der Waals surface area contributed by atoms with Gasteiger partial charge in [-0.15, -0.1) is 0 Å². The molecular weight excluding hydrogens is 366 g/mol. The van der Waals surface area contributed by atoms with Gasteiger partial charge in [-0.3, -0.25) is 9.59 Å². The minimum atomic E-state index is -0.908. The summed E-state index contributed by atoms with van der Waals surface area (Å²) in [5, 5.41) is 8.65. The molecule has 0 aliphatic carbocycles. The Morgan fingerprint density at radius 2 is 2.00 bits per heavy atom. The maximum absolute atomic E-state index is 12.2. The van der Waals surface area contributed by atoms with Crippen LogP contribution in [0.1, 0.15) is 23.7 Å². The molecule has 0 unspecified atom stereocenters. The maximum atomic E-state index is 12.2. The third-order valence-electron chi connectivity index (χ3n) is 2.42. The lowest BCUT2D eigenvalue weighted by atomic mass is 10.2. The van der Waals surface area contributed by atoms with E-state index in [1.54, 1.807) is 12.1 Å². The molecule has 0 spiro atoms. The summed E-state index contributed by atoms with van der Waals surface area (Å²) in [6.07, 6.45) is -0.0504. The monoisotopic (exact) mass is 377 g/mol. The lowest BCUT2D eigenvalue weighted by Gasteiger charge is -2.20. The molecule has 0 bridgehead atoms. The highest BCUT2D eigenvalue weighted by Gasteiger charge is 2.17. The van der Waals surface area contributed by atoms with Gasteiger partial charge in [0.1, 0.15) is 0 Å². The van der Waals surface area contributed by atoms with E-state index in [2.05, 4.69) is 31.9 Å². The van der Waals surface area contributed by atoms with E-state index < -0.39 is 5.97 Å². The molecule has 1 rings (SSSR count). The Balaban J connectivity index is 2.89. The van der Waals surface area contributed by atoms with Gasteiger partial charge in [-0.25, -0.2) is 0 Å². The topological polar surface area (TPSA) is 57.6 Å². The highest BCUT2D eigenvalue weighted by Crippen LogP contribution is 2.23. The molecule has 0 aliphatic rings. The Hall–Kier alpha value is -0.880. The average Bonchev–Trinajstić information content (AvgIpc) is 2.32. The van der Waals surface area contributed by atoms with Gasteiger partial charge in [-0.2, -0.15) is 0 Å². The minimum absolute atomic E-state index is 0.0504. The van der Waals surface area contributed by atoms with Gasteiger partial charge in [-0.1, -0.05) is 15.9 Å². The van der Waals surface area contributed by atoms with Crippen LogP contribution >= 0.6 is 31.9 Å². The summed E-state index contributed by atoms with van der Waals surface area (Å²) in [5.74, 6) is -1.08. The van der Waals surface area contributed by atoms with E-state index in [1.807, 2.05) is 13.0 Å². The molecule has 0 atom stereocenters. The number of amides is 1. The van der Waals surface area contributed by atoms with Crippen LogP contribution in [0.2, 0.25) is 0 Å². The van der Waals surface area contributed by atoms with Gasteiger partial charge in [0.15, 0.2) is 0 Å². The van der Waals surface area contributed by atoms with E-state index in [-0.39, 0.29) is 18.9 Å². The van der Waals surface area contributed by atoms with Crippen LogP contribution in [0, 0.1) is 0 Å². The first-order valence-corrected chi connectivity index (χ1v) is 7.00. The normalized spacial score (nSPS) is 10.2. The van der Waals surface area contributed by atoms with Crippen molar-refractivity contribution in [1.82, 2.24) is 4.90 Å². The van der Waals surface area contributed by atoms with Gasteiger partial charge in [0.2, 0.25) is 0 Å². The van der Waals surface area contributed by atoms with Crippen LogP contribution in [0.4, 0.5) is 0 Å². The Labute approximate surface area is 122 Å². The second-order valence-electron chi connectivity index (χ2n) is 3.65. The van der Waals surface area contributed by atoms with Gasteiger partial charge in [-0.05, 0) is 41.1 Å². The summed E-state index contributed by atoms with van der Waals surface area (Å²) in [7, 11) is 0. The number of rotatable bonds is 5. The van der Waals surface area contributed by atoms with E-state index in [0.717, 1.165) is 4.47 Å². The molecule has 0 radical (unpaired) electrons. The molecule has 98 valence electrons. The number of carbonyl (C=O) groups excluding carboxylic acids is 1. The van der Waals surface area contributed by atoms with Crippen molar-refractivity contribution in [2.75, 3.05) is 13.1 Å². The van der Waals surface area contributed by atoms with Gasteiger partial charge in [0.05, 0.1) is 12.0 Å². The molecule has 1 aromatic carbocycles. The van der Waals surface area contributed by atoms with Crippen LogP contribution in [0.25, 0.3) is 0 Å². The highest BCUT2D eigenvalue weighted by atomic mass is 79.9. The lowest BCUT2D eigenvalue weighted by Crippen LogP contribution is -2.33. The van der Waals surface area contributed by atoms with Crippen molar-refractivity contribution < 1.29 is 14.7 Å². The molecular formula is C12H13Br2NO3. The molecule has 0 fully saturated rings. The van der Waals surface area contributed by atoms with E-state index >= 15 is 0 Å². The van der Waals surface area contributed by atoms with Crippen LogP contribution in [-0.2, 0) is 4.79 Å². The molecule has 0 heterocycles. The SMILES string of the molecule is CCN(CCC(=O)O)C(=O)c1cc(Br)ccc1Br. The zero-order chi connectivity index (χ0) is 13.7. The van der Waals surface area contributed by atoms with Crippen molar-refractivity contribution in [2.24, 2.45) is 0 Å². The quantitative estimate of drug-likeness (QED) is 0.856. The Morgan fingerprint density at radius 3 is 2.56 bits per heavy atom. The van der Waals surface area contributed by atoms with Gasteiger partial charge in [0, 0.05) is 22.0 Å². The van der Waals surface area contributed by atoms with E-state index in [1.165, 1.54) is 4.90 Å². The van der Waals surface area contributed by atoms with Crippen LogP contribution in [-0.4, -0.2) is 35.0 Å². The average molecular weight is 379 g/mol. The number of carboxylic acids is 1. The summed E-state index contributed by atoms with van der Waals surface area (Å²) in [6, 6.07) is 5.33. The number of halogens is 2. The standard InChI is InChI=1S/C12H13Br2NO3/c1-2-15(6-5-11(16)17)12(18)9-7-8(13)3-4-10(9)14/h3-4,7H,2,5-6H2,1H3,(H,16,17). The van der Waals surface area contributed by atoms with Crippen molar-refractivity contribution in [3.8, 4) is 0 Å². The molecule has 18 heavy (non-hydrogen) atoms. The smallest absolute Gasteiger partial charge is 0.305 e. The van der Waals surface area contributed by atoms with Gasteiger partial charge in [0.25, 0.3) is 5.91 Å².